The number of ether oxygens (including phenoxy) is 1. The van der Waals surface area contributed by atoms with Gasteiger partial charge in [-0.05, 0) is 12.1 Å². The number of benzene rings is 1. The fourth-order valence-corrected chi connectivity index (χ4v) is 2.86. The van der Waals surface area contributed by atoms with Crippen LogP contribution in [0.15, 0.2) is 44.8 Å². The Morgan fingerprint density at radius 2 is 1.85 bits per heavy atom. The Morgan fingerprint density at radius 3 is 2.55 bits per heavy atom. The van der Waals surface area contributed by atoms with Crippen LogP contribution >= 0.6 is 11.8 Å². The van der Waals surface area contributed by atoms with Crippen molar-refractivity contribution in [2.45, 2.75) is 10.6 Å². The van der Waals surface area contributed by atoms with Gasteiger partial charge in [0.15, 0.2) is 0 Å². The number of aromatic nitrogens is 2. The smallest absolute Gasteiger partial charge is 0.330 e. The Kier molecular flexibility index (Phi) is 4.34. The molecule has 0 N–H and O–H groups in total. The highest BCUT2D eigenvalue weighted by molar-refractivity contribution is 7.98. The maximum Gasteiger partial charge on any atom is 0.330 e. The van der Waals surface area contributed by atoms with Crippen molar-refractivity contribution in [1.29, 1.82) is 0 Å². The van der Waals surface area contributed by atoms with E-state index in [1.54, 1.807) is 14.2 Å². The third-order valence-electron chi connectivity index (χ3n) is 3.07. The van der Waals surface area contributed by atoms with E-state index in [0.717, 1.165) is 15.2 Å². The number of para-hydroxylation sites is 1. The van der Waals surface area contributed by atoms with E-state index in [4.69, 9.17) is 4.74 Å². The Morgan fingerprint density at radius 1 is 1.15 bits per heavy atom. The molecule has 5 nitrogen and oxygen atoms in total. The average molecular weight is 292 g/mol. The minimum Gasteiger partial charge on any atom is -0.496 e. The molecule has 0 amide bonds. The van der Waals surface area contributed by atoms with Gasteiger partial charge < -0.3 is 4.74 Å². The molecule has 0 bridgehead atoms. The van der Waals surface area contributed by atoms with E-state index in [1.165, 1.54) is 29.4 Å². The molecule has 106 valence electrons. The summed E-state index contributed by atoms with van der Waals surface area (Å²) < 4.78 is 7.86. The zero-order valence-electron chi connectivity index (χ0n) is 11.6. The van der Waals surface area contributed by atoms with Crippen molar-refractivity contribution >= 4 is 11.8 Å². The van der Waals surface area contributed by atoms with E-state index in [9.17, 15) is 9.59 Å². The molecule has 1 heterocycles. The standard InChI is InChI=1S/C14H16N2O3S/c1-15-10(8-13(17)16(2)14(15)18)9-20-12-7-5-4-6-11(12)19-3/h4-8H,9H2,1-3H3. The van der Waals surface area contributed by atoms with Gasteiger partial charge in [0.1, 0.15) is 5.75 Å². The van der Waals surface area contributed by atoms with Crippen molar-refractivity contribution < 1.29 is 4.74 Å². The van der Waals surface area contributed by atoms with E-state index in [-0.39, 0.29) is 11.2 Å². The van der Waals surface area contributed by atoms with Crippen LogP contribution in [0.2, 0.25) is 0 Å². The van der Waals surface area contributed by atoms with Gasteiger partial charge in [0.25, 0.3) is 5.56 Å². The highest BCUT2D eigenvalue weighted by Crippen LogP contribution is 2.30. The molecule has 0 saturated carbocycles. The molecule has 0 fully saturated rings. The van der Waals surface area contributed by atoms with Gasteiger partial charge >= 0.3 is 5.69 Å². The average Bonchev–Trinajstić information content (AvgIpc) is 2.47. The Hall–Kier alpha value is -1.95. The van der Waals surface area contributed by atoms with Gasteiger partial charge in [-0.25, -0.2) is 4.79 Å². The molecular formula is C14H16N2O3S. The first-order valence-electron chi connectivity index (χ1n) is 6.06. The van der Waals surface area contributed by atoms with Crippen LogP contribution in [0.25, 0.3) is 0 Å². The van der Waals surface area contributed by atoms with Crippen molar-refractivity contribution in [2.75, 3.05) is 7.11 Å². The van der Waals surface area contributed by atoms with Crippen LogP contribution in [0.4, 0.5) is 0 Å². The molecular weight excluding hydrogens is 276 g/mol. The fourth-order valence-electron chi connectivity index (χ4n) is 1.81. The summed E-state index contributed by atoms with van der Waals surface area (Å²) in [7, 11) is 4.76. The number of hydrogen-bond donors (Lipinski definition) is 0. The summed E-state index contributed by atoms with van der Waals surface area (Å²) in [6.45, 7) is 0. The monoisotopic (exact) mass is 292 g/mol. The first-order chi connectivity index (χ1) is 9.54. The van der Waals surface area contributed by atoms with Gasteiger partial charge in [-0.2, -0.15) is 0 Å². The Balaban J connectivity index is 2.28. The van der Waals surface area contributed by atoms with Gasteiger partial charge in [0, 0.05) is 36.5 Å². The molecule has 0 unspecified atom stereocenters. The van der Waals surface area contributed by atoms with Crippen LogP contribution in [-0.2, 0) is 19.8 Å². The highest BCUT2D eigenvalue weighted by Gasteiger charge is 2.08. The molecule has 1 aromatic heterocycles. The highest BCUT2D eigenvalue weighted by atomic mass is 32.2. The number of thioether (sulfide) groups is 1. The first kappa shape index (κ1) is 14.5. The summed E-state index contributed by atoms with van der Waals surface area (Å²) >= 11 is 1.53. The van der Waals surface area contributed by atoms with Crippen LogP contribution in [0, 0.1) is 0 Å². The molecule has 0 aliphatic carbocycles. The molecule has 2 rings (SSSR count). The van der Waals surface area contributed by atoms with Crippen LogP contribution < -0.4 is 16.0 Å². The lowest BCUT2D eigenvalue weighted by molar-refractivity contribution is 0.405. The molecule has 0 aliphatic rings. The predicted octanol–water partition coefficient (Wildman–Crippen LogP) is 1.38. The minimum atomic E-state index is -0.312. The number of hydrogen-bond acceptors (Lipinski definition) is 4. The largest absolute Gasteiger partial charge is 0.496 e. The molecule has 0 saturated heterocycles. The van der Waals surface area contributed by atoms with Gasteiger partial charge in [-0.15, -0.1) is 11.8 Å². The molecule has 0 spiro atoms. The van der Waals surface area contributed by atoms with E-state index in [0.29, 0.717) is 11.4 Å². The summed E-state index contributed by atoms with van der Waals surface area (Å²) in [6, 6.07) is 9.14. The van der Waals surface area contributed by atoms with Crippen LogP contribution in [-0.4, -0.2) is 16.2 Å². The van der Waals surface area contributed by atoms with E-state index < -0.39 is 0 Å². The topological polar surface area (TPSA) is 53.2 Å². The van der Waals surface area contributed by atoms with Gasteiger partial charge in [0.2, 0.25) is 0 Å². The normalized spacial score (nSPS) is 10.6. The van der Waals surface area contributed by atoms with Crippen molar-refractivity contribution in [3.05, 3.63) is 56.9 Å². The summed E-state index contributed by atoms with van der Waals surface area (Å²) in [5.74, 6) is 1.31. The molecule has 0 aliphatic heterocycles. The zero-order valence-corrected chi connectivity index (χ0v) is 12.4. The van der Waals surface area contributed by atoms with Crippen molar-refractivity contribution in [2.24, 2.45) is 14.1 Å². The third-order valence-corrected chi connectivity index (χ3v) is 4.16. The second-order valence-corrected chi connectivity index (χ2v) is 5.33. The maximum atomic E-state index is 11.8. The lowest BCUT2D eigenvalue weighted by atomic mass is 10.3. The minimum absolute atomic E-state index is 0.288. The van der Waals surface area contributed by atoms with Crippen LogP contribution in [0.3, 0.4) is 0 Å². The number of nitrogens with zero attached hydrogens (tertiary/aromatic N) is 2. The van der Waals surface area contributed by atoms with Gasteiger partial charge in [-0.1, -0.05) is 12.1 Å². The summed E-state index contributed by atoms with van der Waals surface area (Å²) in [4.78, 5) is 24.5. The third kappa shape index (κ3) is 2.80. The molecule has 6 heteroatoms. The predicted molar refractivity (Wildman–Crippen MR) is 79.5 cm³/mol. The summed E-state index contributed by atoms with van der Waals surface area (Å²) in [5.41, 5.74) is 0.0888. The van der Waals surface area contributed by atoms with Crippen molar-refractivity contribution in [3.63, 3.8) is 0 Å². The van der Waals surface area contributed by atoms with E-state index >= 15 is 0 Å². The summed E-state index contributed by atoms with van der Waals surface area (Å²) in [5, 5.41) is 0. The van der Waals surface area contributed by atoms with Crippen LogP contribution in [0.5, 0.6) is 5.75 Å². The molecule has 1 aromatic carbocycles. The SMILES string of the molecule is COc1ccccc1SCc1cc(=O)n(C)c(=O)n1C. The van der Waals surface area contributed by atoms with E-state index in [1.807, 2.05) is 24.3 Å². The van der Waals surface area contributed by atoms with Crippen molar-refractivity contribution in [3.8, 4) is 5.75 Å². The second kappa shape index (κ2) is 6.00. The lowest BCUT2D eigenvalue weighted by Crippen LogP contribution is -2.37. The van der Waals surface area contributed by atoms with Gasteiger partial charge in [0.05, 0.1) is 7.11 Å². The molecule has 0 atom stereocenters. The fraction of sp³-hybridized carbons (Fsp3) is 0.286. The molecule has 20 heavy (non-hydrogen) atoms. The Labute approximate surface area is 120 Å². The summed E-state index contributed by atoms with van der Waals surface area (Å²) in [6.07, 6.45) is 0. The second-order valence-electron chi connectivity index (χ2n) is 4.31. The molecule has 2 aromatic rings. The Bertz CT molecular complexity index is 734. The molecule has 0 radical (unpaired) electrons. The zero-order chi connectivity index (χ0) is 14.7. The van der Waals surface area contributed by atoms with Crippen LogP contribution in [0.1, 0.15) is 5.69 Å². The first-order valence-corrected chi connectivity index (χ1v) is 7.05. The maximum absolute atomic E-state index is 11.8. The number of rotatable bonds is 4. The van der Waals surface area contributed by atoms with E-state index in [2.05, 4.69) is 0 Å². The van der Waals surface area contributed by atoms with Gasteiger partial charge in [-0.3, -0.25) is 13.9 Å². The van der Waals surface area contributed by atoms with Crippen molar-refractivity contribution in [1.82, 2.24) is 9.13 Å². The lowest BCUT2D eigenvalue weighted by Gasteiger charge is -2.10. The number of methoxy groups -OCH3 is 1. The quantitative estimate of drug-likeness (QED) is 0.799.